The molecule has 16 heavy (non-hydrogen) atoms. The predicted octanol–water partition coefficient (Wildman–Crippen LogP) is 2.82. The molecule has 0 aliphatic carbocycles. The van der Waals surface area contributed by atoms with E-state index in [9.17, 15) is 0 Å². The lowest BCUT2D eigenvalue weighted by atomic mass is 10.2. The van der Waals surface area contributed by atoms with E-state index < -0.39 is 0 Å². The topological polar surface area (TPSA) is 29.9 Å². The first kappa shape index (κ1) is 11.4. The van der Waals surface area contributed by atoms with E-state index >= 15 is 0 Å². The summed E-state index contributed by atoms with van der Waals surface area (Å²) in [6.45, 7) is 6.08. The molecule has 1 N–H and O–H groups in total. The van der Waals surface area contributed by atoms with E-state index in [1.54, 1.807) is 11.3 Å². The molecule has 0 bridgehead atoms. The molecule has 0 saturated carbocycles. The van der Waals surface area contributed by atoms with E-state index in [2.05, 4.69) is 47.2 Å². The van der Waals surface area contributed by atoms with Gasteiger partial charge in [-0.1, -0.05) is 0 Å². The summed E-state index contributed by atoms with van der Waals surface area (Å²) in [5, 5.41) is 12.2. The Labute approximate surface area is 100 Å². The van der Waals surface area contributed by atoms with Crippen LogP contribution < -0.4 is 5.32 Å². The minimum atomic E-state index is 0.299. The zero-order valence-electron chi connectivity index (χ0n) is 9.68. The van der Waals surface area contributed by atoms with Crippen LogP contribution in [-0.4, -0.2) is 9.78 Å². The SMILES string of the molecule is CCn1ccc(C(C)NCc2ccsc2)n1. The van der Waals surface area contributed by atoms with Crippen molar-refractivity contribution < 1.29 is 0 Å². The van der Waals surface area contributed by atoms with Gasteiger partial charge in [-0.2, -0.15) is 16.4 Å². The van der Waals surface area contributed by atoms with E-state index in [0.717, 1.165) is 18.8 Å². The van der Waals surface area contributed by atoms with Crippen molar-refractivity contribution in [3.63, 3.8) is 0 Å². The van der Waals surface area contributed by atoms with Gasteiger partial charge >= 0.3 is 0 Å². The number of nitrogens with one attached hydrogen (secondary N) is 1. The summed E-state index contributed by atoms with van der Waals surface area (Å²) in [6.07, 6.45) is 2.03. The molecule has 0 aliphatic heterocycles. The predicted molar refractivity (Wildman–Crippen MR) is 67.5 cm³/mol. The van der Waals surface area contributed by atoms with Crippen molar-refractivity contribution in [1.82, 2.24) is 15.1 Å². The first-order valence-corrected chi connectivity index (χ1v) is 6.51. The van der Waals surface area contributed by atoms with Gasteiger partial charge in [0.05, 0.1) is 5.69 Å². The molecule has 2 rings (SSSR count). The molecule has 2 aromatic rings. The van der Waals surface area contributed by atoms with E-state index in [1.165, 1.54) is 5.56 Å². The second-order valence-electron chi connectivity index (χ2n) is 3.83. The van der Waals surface area contributed by atoms with E-state index in [4.69, 9.17) is 0 Å². The van der Waals surface area contributed by atoms with E-state index in [-0.39, 0.29) is 0 Å². The van der Waals surface area contributed by atoms with Crippen LogP contribution in [0.4, 0.5) is 0 Å². The Hall–Kier alpha value is -1.13. The highest BCUT2D eigenvalue weighted by atomic mass is 32.1. The summed E-state index contributed by atoms with van der Waals surface area (Å²) in [7, 11) is 0. The summed E-state index contributed by atoms with van der Waals surface area (Å²) in [6, 6.07) is 4.52. The Morgan fingerprint density at radius 1 is 1.50 bits per heavy atom. The molecular formula is C12H17N3S. The van der Waals surface area contributed by atoms with Crippen LogP contribution in [-0.2, 0) is 13.1 Å². The van der Waals surface area contributed by atoms with Gasteiger partial charge in [-0.05, 0) is 42.3 Å². The van der Waals surface area contributed by atoms with Gasteiger partial charge in [0.1, 0.15) is 0 Å². The van der Waals surface area contributed by atoms with Crippen LogP contribution in [0.3, 0.4) is 0 Å². The van der Waals surface area contributed by atoms with Crippen LogP contribution in [0.1, 0.15) is 31.1 Å². The number of rotatable bonds is 5. The highest BCUT2D eigenvalue weighted by Crippen LogP contribution is 2.11. The van der Waals surface area contributed by atoms with Crippen LogP contribution in [0.25, 0.3) is 0 Å². The van der Waals surface area contributed by atoms with Crippen molar-refractivity contribution in [3.05, 3.63) is 40.3 Å². The third kappa shape index (κ3) is 2.71. The zero-order valence-corrected chi connectivity index (χ0v) is 10.5. The van der Waals surface area contributed by atoms with Crippen molar-refractivity contribution in [2.45, 2.75) is 33.0 Å². The quantitative estimate of drug-likeness (QED) is 0.863. The molecule has 2 aromatic heterocycles. The van der Waals surface area contributed by atoms with Gasteiger partial charge in [0, 0.05) is 25.3 Å². The summed E-state index contributed by atoms with van der Waals surface area (Å²) in [4.78, 5) is 0. The van der Waals surface area contributed by atoms with Crippen molar-refractivity contribution in [1.29, 1.82) is 0 Å². The maximum absolute atomic E-state index is 4.49. The molecule has 0 amide bonds. The summed E-state index contributed by atoms with van der Waals surface area (Å²) >= 11 is 1.74. The summed E-state index contributed by atoms with van der Waals surface area (Å²) in [5.74, 6) is 0. The molecule has 86 valence electrons. The summed E-state index contributed by atoms with van der Waals surface area (Å²) < 4.78 is 1.96. The number of thiophene rings is 1. The Bertz CT molecular complexity index is 419. The minimum Gasteiger partial charge on any atom is -0.305 e. The van der Waals surface area contributed by atoms with Gasteiger partial charge in [-0.25, -0.2) is 0 Å². The number of aryl methyl sites for hydroxylation is 1. The molecule has 0 radical (unpaired) electrons. The number of hydrogen-bond donors (Lipinski definition) is 1. The van der Waals surface area contributed by atoms with E-state index in [0.29, 0.717) is 6.04 Å². The zero-order chi connectivity index (χ0) is 11.4. The van der Waals surface area contributed by atoms with Crippen LogP contribution in [0.15, 0.2) is 29.1 Å². The molecule has 2 heterocycles. The van der Waals surface area contributed by atoms with Crippen molar-refractivity contribution in [2.24, 2.45) is 0 Å². The first-order valence-electron chi connectivity index (χ1n) is 5.57. The Morgan fingerprint density at radius 2 is 2.38 bits per heavy atom. The van der Waals surface area contributed by atoms with Gasteiger partial charge in [-0.15, -0.1) is 0 Å². The number of aromatic nitrogens is 2. The fourth-order valence-electron chi connectivity index (χ4n) is 1.55. The van der Waals surface area contributed by atoms with Gasteiger partial charge in [0.15, 0.2) is 0 Å². The lowest BCUT2D eigenvalue weighted by Crippen LogP contribution is -2.18. The molecule has 1 atom stereocenters. The number of hydrogen-bond acceptors (Lipinski definition) is 3. The highest BCUT2D eigenvalue weighted by molar-refractivity contribution is 7.07. The fourth-order valence-corrected chi connectivity index (χ4v) is 2.22. The second kappa shape index (κ2) is 5.27. The molecule has 0 spiro atoms. The monoisotopic (exact) mass is 235 g/mol. The largest absolute Gasteiger partial charge is 0.305 e. The molecule has 4 heteroatoms. The van der Waals surface area contributed by atoms with Crippen LogP contribution in [0.5, 0.6) is 0 Å². The molecule has 0 aromatic carbocycles. The lowest BCUT2D eigenvalue weighted by molar-refractivity contribution is 0.543. The molecule has 3 nitrogen and oxygen atoms in total. The van der Waals surface area contributed by atoms with Gasteiger partial charge in [-0.3, -0.25) is 4.68 Å². The standard InChI is InChI=1S/C12H17N3S/c1-3-15-6-4-12(14-15)10(2)13-8-11-5-7-16-9-11/h4-7,9-10,13H,3,8H2,1-2H3. The van der Waals surface area contributed by atoms with Crippen LogP contribution in [0, 0.1) is 0 Å². The average molecular weight is 235 g/mol. The lowest BCUT2D eigenvalue weighted by Gasteiger charge is -2.10. The van der Waals surface area contributed by atoms with Crippen LogP contribution in [0.2, 0.25) is 0 Å². The normalized spacial score (nSPS) is 12.9. The van der Waals surface area contributed by atoms with Gasteiger partial charge in [0.25, 0.3) is 0 Å². The minimum absolute atomic E-state index is 0.299. The first-order chi connectivity index (χ1) is 7.79. The molecule has 0 saturated heterocycles. The van der Waals surface area contributed by atoms with Gasteiger partial charge < -0.3 is 5.32 Å². The molecule has 0 fully saturated rings. The maximum atomic E-state index is 4.49. The number of nitrogens with zero attached hydrogens (tertiary/aromatic N) is 2. The molecule has 1 unspecified atom stereocenters. The fraction of sp³-hybridized carbons (Fsp3) is 0.417. The van der Waals surface area contributed by atoms with Crippen molar-refractivity contribution >= 4 is 11.3 Å². The molecule has 0 aliphatic rings. The Balaban J connectivity index is 1.90. The van der Waals surface area contributed by atoms with Crippen LogP contribution >= 0.6 is 11.3 Å². The van der Waals surface area contributed by atoms with Crippen molar-refractivity contribution in [2.75, 3.05) is 0 Å². The van der Waals surface area contributed by atoms with Crippen molar-refractivity contribution in [3.8, 4) is 0 Å². The van der Waals surface area contributed by atoms with Gasteiger partial charge in [0.2, 0.25) is 0 Å². The third-order valence-corrected chi connectivity index (χ3v) is 3.35. The molecular weight excluding hydrogens is 218 g/mol. The summed E-state index contributed by atoms with van der Waals surface area (Å²) in [5.41, 5.74) is 2.45. The second-order valence-corrected chi connectivity index (χ2v) is 4.61. The average Bonchev–Trinajstić information content (AvgIpc) is 2.96. The smallest absolute Gasteiger partial charge is 0.0791 e. The Kier molecular flexibility index (Phi) is 3.74. The highest BCUT2D eigenvalue weighted by Gasteiger charge is 2.07. The van der Waals surface area contributed by atoms with E-state index in [1.807, 2.05) is 10.9 Å². The third-order valence-electron chi connectivity index (χ3n) is 2.62. The maximum Gasteiger partial charge on any atom is 0.0791 e. The Morgan fingerprint density at radius 3 is 3.00 bits per heavy atom.